The molecule has 3 aromatic heterocycles. The van der Waals surface area contributed by atoms with E-state index in [1.165, 1.54) is 0 Å². The van der Waals surface area contributed by atoms with E-state index >= 15 is 0 Å². The summed E-state index contributed by atoms with van der Waals surface area (Å²) < 4.78 is 11.6. The van der Waals surface area contributed by atoms with Crippen LogP contribution in [0.4, 0.5) is 5.82 Å². The van der Waals surface area contributed by atoms with Gasteiger partial charge in [0.05, 0.1) is 31.6 Å². The van der Waals surface area contributed by atoms with Crippen molar-refractivity contribution in [1.82, 2.24) is 20.2 Å². The van der Waals surface area contributed by atoms with Gasteiger partial charge in [0.1, 0.15) is 22.8 Å². The molecular weight excluding hydrogens is 344 g/mol. The third kappa shape index (κ3) is 3.58. The molecule has 1 fully saturated rings. The van der Waals surface area contributed by atoms with Crippen molar-refractivity contribution in [1.29, 1.82) is 0 Å². The zero-order valence-corrected chi connectivity index (χ0v) is 15.4. The fraction of sp³-hybridized carbons (Fsp3) is 0.421. The Morgan fingerprint density at radius 1 is 1.37 bits per heavy atom. The highest BCUT2D eigenvalue weighted by molar-refractivity contribution is 5.95. The summed E-state index contributed by atoms with van der Waals surface area (Å²) in [5.41, 5.74) is 8.00. The van der Waals surface area contributed by atoms with Crippen LogP contribution >= 0.6 is 0 Å². The predicted molar refractivity (Wildman–Crippen MR) is 104 cm³/mol. The number of pyridine rings is 2. The molecule has 0 aromatic carbocycles. The van der Waals surface area contributed by atoms with Crippen LogP contribution < -0.4 is 15.4 Å². The molecule has 1 atom stereocenters. The summed E-state index contributed by atoms with van der Waals surface area (Å²) in [4.78, 5) is 11.7. The van der Waals surface area contributed by atoms with Gasteiger partial charge in [-0.3, -0.25) is 10.1 Å². The van der Waals surface area contributed by atoms with Crippen LogP contribution in [0.25, 0.3) is 22.3 Å². The van der Waals surface area contributed by atoms with Gasteiger partial charge in [-0.25, -0.2) is 4.98 Å². The summed E-state index contributed by atoms with van der Waals surface area (Å²) in [6.07, 6.45) is 4.28. The largest absolute Gasteiger partial charge is 0.493 e. The summed E-state index contributed by atoms with van der Waals surface area (Å²) in [5, 5.41) is 7.96. The molecule has 1 unspecified atom stereocenters. The average Bonchev–Trinajstić information content (AvgIpc) is 3.22. The Kier molecular flexibility index (Phi) is 5.17. The molecule has 3 aromatic rings. The number of hydrogen-bond donors (Lipinski definition) is 2. The number of nitrogens with one attached hydrogen (secondary N) is 1. The minimum atomic E-state index is 0.243. The molecule has 0 aliphatic carbocycles. The molecule has 27 heavy (non-hydrogen) atoms. The summed E-state index contributed by atoms with van der Waals surface area (Å²) >= 11 is 0. The molecule has 8 heteroatoms. The number of H-pyrrole nitrogens is 1. The van der Waals surface area contributed by atoms with Crippen LogP contribution in [0.15, 0.2) is 30.6 Å². The van der Waals surface area contributed by atoms with Crippen LogP contribution in [0, 0.1) is 0 Å². The zero-order valence-electron chi connectivity index (χ0n) is 15.4. The van der Waals surface area contributed by atoms with E-state index in [2.05, 4.69) is 27.0 Å². The van der Waals surface area contributed by atoms with Crippen LogP contribution in [-0.2, 0) is 4.74 Å². The summed E-state index contributed by atoms with van der Waals surface area (Å²) in [5.74, 6) is 1.67. The number of anilines is 1. The van der Waals surface area contributed by atoms with Crippen molar-refractivity contribution < 1.29 is 9.47 Å². The maximum absolute atomic E-state index is 6.07. The van der Waals surface area contributed by atoms with Gasteiger partial charge in [-0.05, 0) is 32.0 Å². The quantitative estimate of drug-likeness (QED) is 0.641. The average molecular weight is 368 g/mol. The van der Waals surface area contributed by atoms with Crippen LogP contribution in [0.3, 0.4) is 0 Å². The van der Waals surface area contributed by atoms with Gasteiger partial charge in [0.2, 0.25) is 0 Å². The van der Waals surface area contributed by atoms with E-state index in [-0.39, 0.29) is 6.04 Å². The zero-order chi connectivity index (χ0) is 18.6. The lowest BCUT2D eigenvalue weighted by atomic mass is 10.1. The van der Waals surface area contributed by atoms with Crippen LogP contribution in [-0.4, -0.2) is 59.1 Å². The molecule has 4 rings (SSSR count). The van der Waals surface area contributed by atoms with Crippen molar-refractivity contribution >= 4 is 16.7 Å². The molecule has 3 N–H and O–H groups in total. The van der Waals surface area contributed by atoms with Gasteiger partial charge in [0.25, 0.3) is 0 Å². The molecule has 0 radical (unpaired) electrons. The van der Waals surface area contributed by atoms with E-state index in [1.807, 2.05) is 18.2 Å². The fourth-order valence-corrected chi connectivity index (χ4v) is 3.29. The van der Waals surface area contributed by atoms with Gasteiger partial charge < -0.3 is 20.1 Å². The van der Waals surface area contributed by atoms with Gasteiger partial charge in [-0.2, -0.15) is 5.10 Å². The molecule has 142 valence electrons. The van der Waals surface area contributed by atoms with Gasteiger partial charge in [0, 0.05) is 30.4 Å². The SMILES string of the molecule is CC1COCCN1c1cc(OCCCN)c2ccnc(-c3ccn[nH]3)c2n1. The molecule has 0 saturated carbocycles. The van der Waals surface area contributed by atoms with Gasteiger partial charge in [-0.1, -0.05) is 0 Å². The molecule has 8 nitrogen and oxygen atoms in total. The van der Waals surface area contributed by atoms with Crippen molar-refractivity contribution in [3.63, 3.8) is 0 Å². The molecule has 0 spiro atoms. The summed E-state index contributed by atoms with van der Waals surface area (Å²) in [7, 11) is 0. The number of hydrogen-bond acceptors (Lipinski definition) is 7. The first-order valence-electron chi connectivity index (χ1n) is 9.24. The predicted octanol–water partition coefficient (Wildman–Crippen LogP) is 1.97. The van der Waals surface area contributed by atoms with Crippen molar-refractivity contribution in [2.45, 2.75) is 19.4 Å². The Morgan fingerprint density at radius 3 is 3.07 bits per heavy atom. The third-order valence-electron chi connectivity index (χ3n) is 4.70. The monoisotopic (exact) mass is 368 g/mol. The smallest absolute Gasteiger partial charge is 0.133 e. The lowest BCUT2D eigenvalue weighted by molar-refractivity contribution is 0.0985. The number of morpholine rings is 1. The number of nitrogens with zero attached hydrogens (tertiary/aromatic N) is 4. The molecule has 0 bridgehead atoms. The molecular formula is C19H24N6O2. The van der Waals surface area contributed by atoms with E-state index in [0.29, 0.717) is 26.4 Å². The summed E-state index contributed by atoms with van der Waals surface area (Å²) in [6, 6.07) is 6.08. The van der Waals surface area contributed by atoms with E-state index in [4.69, 9.17) is 20.2 Å². The second-order valence-electron chi connectivity index (χ2n) is 6.61. The Hall–Kier alpha value is -2.71. The Bertz CT molecular complexity index is 899. The normalized spacial score (nSPS) is 17.4. The first kappa shape index (κ1) is 17.7. The Balaban J connectivity index is 1.84. The fourth-order valence-electron chi connectivity index (χ4n) is 3.29. The lowest BCUT2D eigenvalue weighted by Gasteiger charge is -2.34. The highest BCUT2D eigenvalue weighted by Gasteiger charge is 2.23. The minimum Gasteiger partial charge on any atom is -0.493 e. The minimum absolute atomic E-state index is 0.243. The lowest BCUT2D eigenvalue weighted by Crippen LogP contribution is -2.44. The maximum atomic E-state index is 6.07. The second kappa shape index (κ2) is 7.89. The van der Waals surface area contributed by atoms with Crippen LogP contribution in [0.1, 0.15) is 13.3 Å². The number of nitrogens with two attached hydrogens (primary N) is 1. The van der Waals surface area contributed by atoms with Gasteiger partial charge in [0.15, 0.2) is 0 Å². The topological polar surface area (TPSA) is 102 Å². The Morgan fingerprint density at radius 2 is 2.30 bits per heavy atom. The van der Waals surface area contributed by atoms with Gasteiger partial charge in [-0.15, -0.1) is 0 Å². The standard InChI is InChI=1S/C19H24N6O2/c1-13-12-26-10-8-25(13)17-11-16(27-9-2-5-20)14-3-6-21-19(18(14)23-17)15-4-7-22-24-15/h3-4,6-7,11,13H,2,5,8-10,12,20H2,1H3,(H,22,24). The number of aromatic amines is 1. The number of aromatic nitrogens is 4. The van der Waals surface area contributed by atoms with Crippen LogP contribution in [0.5, 0.6) is 5.75 Å². The molecule has 1 saturated heterocycles. The Labute approximate surface area is 157 Å². The van der Waals surface area contributed by atoms with E-state index < -0.39 is 0 Å². The van der Waals surface area contributed by atoms with E-state index in [0.717, 1.165) is 46.8 Å². The van der Waals surface area contributed by atoms with Crippen molar-refractivity contribution in [3.05, 3.63) is 30.6 Å². The first-order chi connectivity index (χ1) is 13.3. The molecule has 4 heterocycles. The number of fused-ring (bicyclic) bond motifs is 1. The van der Waals surface area contributed by atoms with Crippen molar-refractivity contribution in [2.24, 2.45) is 5.73 Å². The highest BCUT2D eigenvalue weighted by atomic mass is 16.5. The highest BCUT2D eigenvalue weighted by Crippen LogP contribution is 2.34. The second-order valence-corrected chi connectivity index (χ2v) is 6.61. The van der Waals surface area contributed by atoms with Crippen LogP contribution in [0.2, 0.25) is 0 Å². The molecule has 0 amide bonds. The van der Waals surface area contributed by atoms with E-state index in [1.54, 1.807) is 12.4 Å². The number of ether oxygens (including phenoxy) is 2. The molecule has 1 aliphatic rings. The number of rotatable bonds is 6. The first-order valence-corrected chi connectivity index (χ1v) is 9.24. The summed E-state index contributed by atoms with van der Waals surface area (Å²) in [6.45, 7) is 5.46. The van der Waals surface area contributed by atoms with Gasteiger partial charge >= 0.3 is 0 Å². The van der Waals surface area contributed by atoms with Crippen molar-refractivity contribution in [3.8, 4) is 17.1 Å². The third-order valence-corrected chi connectivity index (χ3v) is 4.70. The molecule has 1 aliphatic heterocycles. The maximum Gasteiger partial charge on any atom is 0.133 e. The van der Waals surface area contributed by atoms with E-state index in [9.17, 15) is 0 Å². The van der Waals surface area contributed by atoms with Crippen molar-refractivity contribution in [2.75, 3.05) is 37.8 Å².